The van der Waals surface area contributed by atoms with E-state index in [0.29, 0.717) is 0 Å². The molecular weight excluding hydrogens is 220 g/mol. The van der Waals surface area contributed by atoms with Crippen LogP contribution < -0.4 is 5.73 Å². The van der Waals surface area contributed by atoms with Crippen LogP contribution in [0.25, 0.3) is 0 Å². The zero-order valence-corrected chi connectivity index (χ0v) is 8.73. The summed E-state index contributed by atoms with van der Waals surface area (Å²) in [6, 6.07) is 1.29. The molecule has 1 rings (SSSR count). The van der Waals surface area contributed by atoms with Gasteiger partial charge in [-0.1, -0.05) is 0 Å². The Morgan fingerprint density at radius 2 is 2.13 bits per heavy atom. The third-order valence-electron chi connectivity index (χ3n) is 1.96. The number of hydrogen-bond acceptors (Lipinski definition) is 4. The molecule has 0 aromatic carbocycles. The van der Waals surface area contributed by atoms with E-state index in [4.69, 9.17) is 10.3 Å². The average molecular weight is 230 g/mol. The number of pyridine rings is 1. The van der Waals surface area contributed by atoms with E-state index in [1.54, 1.807) is 0 Å². The molecule has 0 saturated carbocycles. The molecule has 1 aromatic rings. The fraction of sp³-hybridized carbons (Fsp3) is 0.250. The van der Waals surface area contributed by atoms with Crippen LogP contribution in [-0.2, 0) is 10.1 Å². The molecule has 0 radical (unpaired) electrons. The second-order valence-corrected chi connectivity index (χ2v) is 4.77. The fourth-order valence-corrected chi connectivity index (χ4v) is 1.46. The van der Waals surface area contributed by atoms with Crippen molar-refractivity contribution in [3.63, 3.8) is 0 Å². The molecule has 15 heavy (non-hydrogen) atoms. The Labute approximate surface area is 86.9 Å². The summed E-state index contributed by atoms with van der Waals surface area (Å²) in [5, 5.41) is -1.13. The molecule has 1 atom stereocenters. The second-order valence-electron chi connectivity index (χ2n) is 3.03. The maximum Gasteiger partial charge on any atom is 0.271 e. The van der Waals surface area contributed by atoms with Gasteiger partial charge >= 0.3 is 0 Å². The lowest BCUT2D eigenvalue weighted by Gasteiger charge is -2.08. The number of nitrogens with two attached hydrogens (primary N) is 1. The van der Waals surface area contributed by atoms with Gasteiger partial charge in [-0.3, -0.25) is 14.3 Å². The zero-order chi connectivity index (χ0) is 11.6. The number of carbonyl (C=O) groups excluding carboxylic acids is 1. The third kappa shape index (κ3) is 2.74. The minimum absolute atomic E-state index is 0.100. The van der Waals surface area contributed by atoms with Crippen LogP contribution in [0.3, 0.4) is 0 Å². The van der Waals surface area contributed by atoms with Crippen LogP contribution in [0.15, 0.2) is 18.5 Å². The summed E-state index contributed by atoms with van der Waals surface area (Å²) in [6.45, 7) is 1.29. The second kappa shape index (κ2) is 3.95. The van der Waals surface area contributed by atoms with Crippen molar-refractivity contribution >= 4 is 16.0 Å². The van der Waals surface area contributed by atoms with Gasteiger partial charge in [-0.2, -0.15) is 8.42 Å². The van der Waals surface area contributed by atoms with Gasteiger partial charge in [0.25, 0.3) is 10.1 Å². The van der Waals surface area contributed by atoms with Crippen molar-refractivity contribution in [3.8, 4) is 0 Å². The predicted octanol–water partition coefficient (Wildman–Crippen LogP) is 0.129. The smallest absolute Gasteiger partial charge is 0.271 e. The van der Waals surface area contributed by atoms with Crippen molar-refractivity contribution < 1.29 is 17.8 Å². The Morgan fingerprint density at radius 3 is 2.60 bits per heavy atom. The molecule has 0 fully saturated rings. The molecule has 0 spiro atoms. The van der Waals surface area contributed by atoms with Gasteiger partial charge in [0, 0.05) is 12.4 Å². The first-order valence-electron chi connectivity index (χ1n) is 4.03. The number of aromatic nitrogens is 1. The van der Waals surface area contributed by atoms with E-state index in [2.05, 4.69) is 4.98 Å². The number of nitrogens with zero attached hydrogens (tertiary/aromatic N) is 1. The number of rotatable bonds is 3. The third-order valence-corrected chi connectivity index (χ3v) is 3.13. The molecule has 6 nitrogen and oxygen atoms in total. The van der Waals surface area contributed by atoms with Gasteiger partial charge in [-0.25, -0.2) is 0 Å². The number of amides is 1. The van der Waals surface area contributed by atoms with Crippen molar-refractivity contribution in [2.45, 2.75) is 12.2 Å². The lowest BCUT2D eigenvalue weighted by Crippen LogP contribution is -2.14. The van der Waals surface area contributed by atoms with Crippen molar-refractivity contribution in [2.24, 2.45) is 5.73 Å². The van der Waals surface area contributed by atoms with Crippen molar-refractivity contribution in [1.29, 1.82) is 0 Å². The molecule has 0 aliphatic carbocycles. The van der Waals surface area contributed by atoms with Crippen molar-refractivity contribution in [1.82, 2.24) is 4.98 Å². The normalized spacial score (nSPS) is 13.5. The van der Waals surface area contributed by atoms with Crippen molar-refractivity contribution in [2.75, 3.05) is 0 Å². The topological polar surface area (TPSA) is 110 Å². The number of primary amides is 1. The summed E-state index contributed by atoms with van der Waals surface area (Å²) in [6.07, 6.45) is 2.48. The van der Waals surface area contributed by atoms with E-state index >= 15 is 0 Å². The zero-order valence-electron chi connectivity index (χ0n) is 7.91. The molecule has 0 aliphatic heterocycles. The SMILES string of the molecule is CC(c1cncc(C(N)=O)c1)S(=O)(=O)O. The summed E-state index contributed by atoms with van der Waals surface area (Å²) in [7, 11) is -4.19. The summed E-state index contributed by atoms with van der Waals surface area (Å²) < 4.78 is 30.4. The Hall–Kier alpha value is -1.47. The van der Waals surface area contributed by atoms with Gasteiger partial charge in [-0.05, 0) is 18.6 Å². The van der Waals surface area contributed by atoms with E-state index in [1.165, 1.54) is 25.4 Å². The summed E-state index contributed by atoms with van der Waals surface area (Å²) >= 11 is 0. The van der Waals surface area contributed by atoms with Crippen LogP contribution in [0, 0.1) is 0 Å². The van der Waals surface area contributed by atoms with Gasteiger partial charge in [-0.15, -0.1) is 0 Å². The molecule has 3 N–H and O–H groups in total. The van der Waals surface area contributed by atoms with E-state index < -0.39 is 21.3 Å². The van der Waals surface area contributed by atoms with Crippen LogP contribution in [0.5, 0.6) is 0 Å². The van der Waals surface area contributed by atoms with Crippen LogP contribution in [-0.4, -0.2) is 23.9 Å². The van der Waals surface area contributed by atoms with E-state index in [9.17, 15) is 13.2 Å². The lowest BCUT2D eigenvalue weighted by molar-refractivity contribution is 0.1000. The number of carbonyl (C=O) groups is 1. The lowest BCUT2D eigenvalue weighted by atomic mass is 10.1. The maximum atomic E-state index is 10.8. The molecule has 1 heterocycles. The van der Waals surface area contributed by atoms with Crippen LogP contribution >= 0.6 is 0 Å². The predicted molar refractivity (Wildman–Crippen MR) is 52.7 cm³/mol. The molecule has 0 saturated heterocycles. The first-order valence-corrected chi connectivity index (χ1v) is 5.53. The highest BCUT2D eigenvalue weighted by molar-refractivity contribution is 7.86. The largest absolute Gasteiger partial charge is 0.366 e. The van der Waals surface area contributed by atoms with Gasteiger partial charge in [0.1, 0.15) is 5.25 Å². The number of hydrogen-bond donors (Lipinski definition) is 2. The van der Waals surface area contributed by atoms with Gasteiger partial charge in [0.15, 0.2) is 0 Å². The molecule has 7 heteroatoms. The molecular formula is C8H10N2O4S. The molecule has 1 unspecified atom stereocenters. The standard InChI is InChI=1S/C8H10N2O4S/c1-5(15(12,13)14)6-2-7(8(9)11)4-10-3-6/h2-5H,1H3,(H2,9,11)(H,12,13,14). The summed E-state index contributed by atoms with van der Waals surface area (Å²) in [4.78, 5) is 14.5. The van der Waals surface area contributed by atoms with E-state index in [-0.39, 0.29) is 11.1 Å². The minimum Gasteiger partial charge on any atom is -0.366 e. The Bertz CT molecular complexity index is 483. The molecule has 1 amide bonds. The quantitative estimate of drug-likeness (QED) is 0.717. The minimum atomic E-state index is -4.19. The molecule has 1 aromatic heterocycles. The van der Waals surface area contributed by atoms with E-state index in [0.717, 1.165) is 0 Å². The van der Waals surface area contributed by atoms with Gasteiger partial charge < -0.3 is 5.73 Å². The Kier molecular flexibility index (Phi) is 3.06. The molecule has 0 bridgehead atoms. The van der Waals surface area contributed by atoms with Gasteiger partial charge in [0.05, 0.1) is 5.56 Å². The summed E-state index contributed by atoms with van der Waals surface area (Å²) in [5.41, 5.74) is 5.32. The van der Waals surface area contributed by atoms with Gasteiger partial charge in [0.2, 0.25) is 5.91 Å². The highest BCUT2D eigenvalue weighted by Crippen LogP contribution is 2.20. The molecule has 82 valence electrons. The summed E-state index contributed by atoms with van der Waals surface area (Å²) in [5.74, 6) is -0.702. The maximum absolute atomic E-state index is 10.8. The first-order chi connectivity index (χ1) is 6.82. The Balaban J connectivity index is 3.17. The van der Waals surface area contributed by atoms with Crippen molar-refractivity contribution in [3.05, 3.63) is 29.6 Å². The highest BCUT2D eigenvalue weighted by Gasteiger charge is 2.20. The average Bonchev–Trinajstić information content (AvgIpc) is 2.15. The monoisotopic (exact) mass is 230 g/mol. The van der Waals surface area contributed by atoms with E-state index in [1.807, 2.05) is 0 Å². The van der Waals surface area contributed by atoms with Crippen LogP contribution in [0.2, 0.25) is 0 Å². The highest BCUT2D eigenvalue weighted by atomic mass is 32.2. The van der Waals surface area contributed by atoms with Crippen LogP contribution in [0.4, 0.5) is 0 Å². The van der Waals surface area contributed by atoms with Crippen LogP contribution in [0.1, 0.15) is 28.1 Å². The molecule has 0 aliphatic rings. The first kappa shape index (κ1) is 11.6. The Morgan fingerprint density at radius 1 is 1.53 bits per heavy atom. The fourth-order valence-electron chi connectivity index (χ4n) is 0.987.